The molecule has 3 aromatic rings. The van der Waals surface area contributed by atoms with Crippen molar-refractivity contribution in [1.82, 2.24) is 19.7 Å². The molecule has 0 N–H and O–H groups in total. The number of thioether (sulfide) groups is 1. The average molecular weight is 411 g/mol. The zero-order valence-corrected chi connectivity index (χ0v) is 16.5. The van der Waals surface area contributed by atoms with Crippen LogP contribution in [0.4, 0.5) is 0 Å². The Morgan fingerprint density at radius 3 is 2.73 bits per heavy atom. The van der Waals surface area contributed by atoms with Crippen molar-refractivity contribution in [2.45, 2.75) is 11.7 Å². The van der Waals surface area contributed by atoms with E-state index < -0.39 is 0 Å². The molecule has 0 aliphatic rings. The Bertz CT molecular complexity index is 910. The van der Waals surface area contributed by atoms with E-state index >= 15 is 0 Å². The maximum absolute atomic E-state index is 11.9. The lowest BCUT2D eigenvalue weighted by Crippen LogP contribution is -2.23. The minimum Gasteiger partial charge on any atom is -0.467 e. The SMILES string of the molecule is CN(C)C(=O)CSc1nnc(-c2ccc(Cl)cc2Cl)n1Cc1ccco1. The van der Waals surface area contributed by atoms with E-state index in [1.165, 1.54) is 16.7 Å². The summed E-state index contributed by atoms with van der Waals surface area (Å²) in [5.74, 6) is 1.59. The molecular weight excluding hydrogens is 395 g/mol. The molecule has 26 heavy (non-hydrogen) atoms. The highest BCUT2D eigenvalue weighted by molar-refractivity contribution is 7.99. The van der Waals surface area contributed by atoms with E-state index in [0.29, 0.717) is 33.1 Å². The molecule has 0 radical (unpaired) electrons. The number of aromatic nitrogens is 3. The molecule has 1 aromatic carbocycles. The van der Waals surface area contributed by atoms with Gasteiger partial charge in [0.25, 0.3) is 0 Å². The first kappa shape index (κ1) is 18.8. The second kappa shape index (κ2) is 8.16. The molecule has 2 aromatic heterocycles. The zero-order chi connectivity index (χ0) is 18.7. The Labute approximate surface area is 165 Å². The van der Waals surface area contributed by atoms with Crippen molar-refractivity contribution < 1.29 is 9.21 Å². The van der Waals surface area contributed by atoms with Crippen LogP contribution in [-0.4, -0.2) is 45.4 Å². The summed E-state index contributed by atoms with van der Waals surface area (Å²) in [5.41, 5.74) is 0.709. The van der Waals surface area contributed by atoms with Crippen LogP contribution in [0, 0.1) is 0 Å². The van der Waals surface area contributed by atoms with Crippen molar-refractivity contribution in [3.63, 3.8) is 0 Å². The van der Waals surface area contributed by atoms with E-state index in [1.54, 1.807) is 38.6 Å². The molecule has 0 saturated heterocycles. The first-order chi connectivity index (χ1) is 12.5. The highest BCUT2D eigenvalue weighted by atomic mass is 35.5. The molecule has 0 fully saturated rings. The minimum absolute atomic E-state index is 0.00590. The van der Waals surface area contributed by atoms with E-state index in [1.807, 2.05) is 16.7 Å². The highest BCUT2D eigenvalue weighted by Crippen LogP contribution is 2.32. The van der Waals surface area contributed by atoms with Gasteiger partial charge in [-0.15, -0.1) is 10.2 Å². The van der Waals surface area contributed by atoms with Gasteiger partial charge in [0.1, 0.15) is 5.76 Å². The molecule has 0 aliphatic carbocycles. The average Bonchev–Trinajstić information content (AvgIpc) is 3.23. The standard InChI is InChI=1S/C17H16Cl2N4O2S/c1-22(2)15(24)10-26-17-21-20-16(13-6-5-11(18)8-14(13)19)23(17)9-12-4-3-7-25-12/h3-8H,9-10H2,1-2H3. The lowest BCUT2D eigenvalue weighted by atomic mass is 10.2. The number of carbonyl (C=O) groups is 1. The number of hydrogen-bond donors (Lipinski definition) is 0. The zero-order valence-electron chi connectivity index (χ0n) is 14.1. The fraction of sp³-hybridized carbons (Fsp3) is 0.235. The second-order valence-electron chi connectivity index (χ2n) is 5.67. The van der Waals surface area contributed by atoms with Gasteiger partial charge in [0.2, 0.25) is 5.91 Å². The van der Waals surface area contributed by atoms with Gasteiger partial charge in [-0.05, 0) is 30.3 Å². The molecule has 0 bridgehead atoms. The first-order valence-corrected chi connectivity index (χ1v) is 9.44. The molecule has 0 unspecified atom stereocenters. The Balaban J connectivity index is 1.97. The number of furan rings is 1. The third-order valence-corrected chi connectivity index (χ3v) is 5.11. The van der Waals surface area contributed by atoms with Crippen molar-refractivity contribution in [3.05, 3.63) is 52.4 Å². The van der Waals surface area contributed by atoms with Crippen LogP contribution < -0.4 is 0 Å². The summed E-state index contributed by atoms with van der Waals surface area (Å²) in [6, 6.07) is 8.89. The Kier molecular flexibility index (Phi) is 5.90. The van der Waals surface area contributed by atoms with Crippen LogP contribution in [0.3, 0.4) is 0 Å². The van der Waals surface area contributed by atoms with Gasteiger partial charge >= 0.3 is 0 Å². The van der Waals surface area contributed by atoms with Crippen LogP contribution in [0.5, 0.6) is 0 Å². The number of carbonyl (C=O) groups excluding carboxylic acids is 1. The lowest BCUT2D eigenvalue weighted by Gasteiger charge is -2.11. The molecule has 1 amide bonds. The molecule has 3 rings (SSSR count). The molecule has 0 aliphatic heterocycles. The number of halogens is 2. The van der Waals surface area contributed by atoms with Crippen molar-refractivity contribution in [2.24, 2.45) is 0 Å². The summed E-state index contributed by atoms with van der Waals surface area (Å²) in [4.78, 5) is 13.4. The van der Waals surface area contributed by atoms with E-state index in [9.17, 15) is 4.79 Å². The third kappa shape index (κ3) is 4.23. The predicted molar refractivity (Wildman–Crippen MR) is 103 cm³/mol. The maximum atomic E-state index is 11.9. The molecule has 2 heterocycles. The quantitative estimate of drug-likeness (QED) is 0.572. The van der Waals surface area contributed by atoms with E-state index in [2.05, 4.69) is 10.2 Å². The van der Waals surface area contributed by atoms with Crippen LogP contribution in [0.25, 0.3) is 11.4 Å². The first-order valence-electron chi connectivity index (χ1n) is 7.69. The van der Waals surface area contributed by atoms with Crippen LogP contribution in [0.2, 0.25) is 10.0 Å². The van der Waals surface area contributed by atoms with Gasteiger partial charge in [0.15, 0.2) is 11.0 Å². The van der Waals surface area contributed by atoms with Gasteiger partial charge in [-0.3, -0.25) is 9.36 Å². The summed E-state index contributed by atoms with van der Waals surface area (Å²) >= 11 is 13.6. The van der Waals surface area contributed by atoms with Gasteiger partial charge in [0, 0.05) is 24.7 Å². The number of nitrogens with zero attached hydrogens (tertiary/aromatic N) is 4. The van der Waals surface area contributed by atoms with E-state index in [0.717, 1.165) is 5.76 Å². The fourth-order valence-corrected chi connectivity index (χ4v) is 3.63. The number of hydrogen-bond acceptors (Lipinski definition) is 5. The molecule has 9 heteroatoms. The Morgan fingerprint density at radius 1 is 1.27 bits per heavy atom. The highest BCUT2D eigenvalue weighted by Gasteiger charge is 2.19. The molecular formula is C17H16Cl2N4O2S. The van der Waals surface area contributed by atoms with Crippen LogP contribution in [0.1, 0.15) is 5.76 Å². The molecule has 6 nitrogen and oxygen atoms in total. The predicted octanol–water partition coefficient (Wildman–Crippen LogP) is 4.07. The maximum Gasteiger partial charge on any atom is 0.232 e. The normalized spacial score (nSPS) is 10.9. The van der Waals surface area contributed by atoms with Crippen LogP contribution >= 0.6 is 35.0 Å². The number of rotatable bonds is 6. The number of benzene rings is 1. The van der Waals surface area contributed by atoms with Crippen LogP contribution in [-0.2, 0) is 11.3 Å². The van der Waals surface area contributed by atoms with E-state index in [-0.39, 0.29) is 11.7 Å². The van der Waals surface area contributed by atoms with Crippen molar-refractivity contribution in [1.29, 1.82) is 0 Å². The van der Waals surface area contributed by atoms with Gasteiger partial charge in [-0.2, -0.15) is 0 Å². The molecule has 0 spiro atoms. The van der Waals surface area contributed by atoms with Gasteiger partial charge in [-0.1, -0.05) is 35.0 Å². The van der Waals surface area contributed by atoms with Crippen molar-refractivity contribution in [2.75, 3.05) is 19.8 Å². The molecule has 0 atom stereocenters. The fourth-order valence-electron chi connectivity index (χ4n) is 2.22. The Hall–Kier alpha value is -1.96. The lowest BCUT2D eigenvalue weighted by molar-refractivity contribution is -0.125. The molecule has 136 valence electrons. The third-order valence-electron chi connectivity index (χ3n) is 3.61. The summed E-state index contributed by atoms with van der Waals surface area (Å²) in [7, 11) is 3.44. The summed E-state index contributed by atoms with van der Waals surface area (Å²) < 4.78 is 7.33. The van der Waals surface area contributed by atoms with Crippen molar-refractivity contribution in [3.8, 4) is 11.4 Å². The summed E-state index contributed by atoms with van der Waals surface area (Å²) in [6.07, 6.45) is 1.61. The summed E-state index contributed by atoms with van der Waals surface area (Å²) in [5, 5.41) is 10.1. The van der Waals surface area contributed by atoms with Crippen LogP contribution in [0.15, 0.2) is 46.2 Å². The second-order valence-corrected chi connectivity index (χ2v) is 7.46. The molecule has 0 saturated carbocycles. The summed E-state index contributed by atoms with van der Waals surface area (Å²) in [6.45, 7) is 0.423. The Morgan fingerprint density at radius 2 is 2.08 bits per heavy atom. The van der Waals surface area contributed by atoms with Crippen molar-refractivity contribution >= 4 is 40.9 Å². The topological polar surface area (TPSA) is 64.2 Å². The van der Waals surface area contributed by atoms with E-state index in [4.69, 9.17) is 27.6 Å². The van der Waals surface area contributed by atoms with Gasteiger partial charge in [-0.25, -0.2) is 0 Å². The number of amides is 1. The minimum atomic E-state index is -0.00590. The smallest absolute Gasteiger partial charge is 0.232 e. The largest absolute Gasteiger partial charge is 0.467 e. The van der Waals surface area contributed by atoms with Gasteiger partial charge in [0.05, 0.1) is 23.6 Å². The monoisotopic (exact) mass is 410 g/mol. The van der Waals surface area contributed by atoms with Gasteiger partial charge < -0.3 is 9.32 Å².